The average molecular weight is 265 g/mol. The molecular weight excluding hydrogens is 245 g/mol. The minimum Gasteiger partial charge on any atom is -0.478 e. The highest BCUT2D eigenvalue weighted by molar-refractivity contribution is 5.94. The Morgan fingerprint density at radius 1 is 1.26 bits per heavy atom. The first-order valence-corrected chi connectivity index (χ1v) is 6.86. The highest BCUT2D eigenvalue weighted by atomic mass is 19.1. The van der Waals surface area contributed by atoms with E-state index >= 15 is 0 Å². The van der Waals surface area contributed by atoms with Crippen molar-refractivity contribution in [1.82, 2.24) is 0 Å². The largest absolute Gasteiger partial charge is 0.478 e. The second-order valence-electron chi connectivity index (χ2n) is 5.20. The van der Waals surface area contributed by atoms with Gasteiger partial charge in [0.05, 0.1) is 5.69 Å². The topological polar surface area (TPSA) is 40.5 Å². The minimum absolute atomic E-state index is 0.214. The first-order valence-electron chi connectivity index (χ1n) is 6.86. The fourth-order valence-corrected chi connectivity index (χ4v) is 2.86. The molecule has 0 unspecified atom stereocenters. The summed E-state index contributed by atoms with van der Waals surface area (Å²) in [5.74, 6) is -1.86. The van der Waals surface area contributed by atoms with Crippen LogP contribution in [-0.4, -0.2) is 24.2 Å². The number of anilines is 1. The summed E-state index contributed by atoms with van der Waals surface area (Å²) in [6, 6.07) is 4.78. The first-order chi connectivity index (χ1) is 9.11. The molecule has 0 bridgehead atoms. The molecule has 0 aromatic heterocycles. The van der Waals surface area contributed by atoms with Crippen molar-refractivity contribution in [2.24, 2.45) is 0 Å². The number of nitrogens with zero attached hydrogens (tertiary/aromatic N) is 1. The quantitative estimate of drug-likeness (QED) is 0.847. The Balaban J connectivity index is 2.29. The van der Waals surface area contributed by atoms with Crippen molar-refractivity contribution in [1.29, 1.82) is 0 Å². The third kappa shape index (κ3) is 3.06. The summed E-state index contributed by atoms with van der Waals surface area (Å²) in [5, 5.41) is 9.18. The van der Waals surface area contributed by atoms with Gasteiger partial charge < -0.3 is 10.0 Å². The lowest BCUT2D eigenvalue weighted by Crippen LogP contribution is -2.32. The summed E-state index contributed by atoms with van der Waals surface area (Å²) in [6.45, 7) is 0. The molecular formula is C15H20FNO2. The van der Waals surface area contributed by atoms with Crippen LogP contribution in [0.2, 0.25) is 0 Å². The Labute approximate surface area is 113 Å². The Kier molecular flexibility index (Phi) is 4.40. The van der Waals surface area contributed by atoms with Gasteiger partial charge >= 0.3 is 5.97 Å². The average Bonchev–Trinajstić information content (AvgIpc) is 2.66. The van der Waals surface area contributed by atoms with E-state index in [1.807, 2.05) is 11.9 Å². The van der Waals surface area contributed by atoms with Crippen LogP contribution >= 0.6 is 0 Å². The predicted molar refractivity (Wildman–Crippen MR) is 73.3 cm³/mol. The third-order valence-corrected chi connectivity index (χ3v) is 3.96. The first kappa shape index (κ1) is 13.8. The van der Waals surface area contributed by atoms with Gasteiger partial charge in [0.2, 0.25) is 0 Å². The molecule has 0 saturated heterocycles. The Bertz CT molecular complexity index is 453. The van der Waals surface area contributed by atoms with Crippen molar-refractivity contribution in [3.05, 3.63) is 29.6 Å². The van der Waals surface area contributed by atoms with Gasteiger partial charge in [-0.2, -0.15) is 0 Å². The molecule has 2 rings (SSSR count). The van der Waals surface area contributed by atoms with E-state index in [1.165, 1.54) is 18.9 Å². The molecule has 1 aliphatic rings. The second kappa shape index (κ2) is 6.04. The molecule has 104 valence electrons. The molecule has 19 heavy (non-hydrogen) atoms. The molecule has 1 N–H and O–H groups in total. The van der Waals surface area contributed by atoms with Crippen LogP contribution in [0.15, 0.2) is 18.2 Å². The van der Waals surface area contributed by atoms with Crippen LogP contribution in [-0.2, 0) is 0 Å². The van der Waals surface area contributed by atoms with Crippen molar-refractivity contribution >= 4 is 11.7 Å². The van der Waals surface area contributed by atoms with Crippen LogP contribution in [0.25, 0.3) is 0 Å². The Hall–Kier alpha value is -1.58. The number of rotatable bonds is 3. The molecule has 0 spiro atoms. The number of aromatic carboxylic acids is 1. The summed E-state index contributed by atoms with van der Waals surface area (Å²) in [4.78, 5) is 13.2. The maximum absolute atomic E-state index is 13.7. The summed E-state index contributed by atoms with van der Waals surface area (Å²) in [5.41, 5.74) is 0.272. The van der Waals surface area contributed by atoms with Gasteiger partial charge in [0.1, 0.15) is 11.4 Å². The van der Waals surface area contributed by atoms with Crippen LogP contribution in [0.1, 0.15) is 48.9 Å². The molecule has 0 aliphatic heterocycles. The molecule has 1 aromatic rings. The maximum Gasteiger partial charge on any atom is 0.340 e. The molecule has 0 radical (unpaired) electrons. The Morgan fingerprint density at radius 3 is 2.47 bits per heavy atom. The summed E-state index contributed by atoms with van der Waals surface area (Å²) in [7, 11) is 1.87. The van der Waals surface area contributed by atoms with Crippen LogP contribution in [0.4, 0.5) is 10.1 Å². The lowest BCUT2D eigenvalue weighted by atomic mass is 10.0. The molecule has 1 aromatic carbocycles. The summed E-state index contributed by atoms with van der Waals surface area (Å²) < 4.78 is 13.7. The summed E-state index contributed by atoms with van der Waals surface area (Å²) >= 11 is 0. The van der Waals surface area contributed by atoms with Crippen molar-refractivity contribution in [3.63, 3.8) is 0 Å². The number of hydrogen-bond acceptors (Lipinski definition) is 2. The van der Waals surface area contributed by atoms with Gasteiger partial charge in [-0.1, -0.05) is 31.7 Å². The third-order valence-electron chi connectivity index (χ3n) is 3.96. The van der Waals surface area contributed by atoms with Gasteiger partial charge in [0.15, 0.2) is 0 Å². The lowest BCUT2D eigenvalue weighted by molar-refractivity contribution is 0.0692. The SMILES string of the molecule is CN(c1cccc(F)c1C(=O)O)C1CCCCCC1. The van der Waals surface area contributed by atoms with E-state index in [1.54, 1.807) is 12.1 Å². The molecule has 0 heterocycles. The van der Waals surface area contributed by atoms with Crippen LogP contribution < -0.4 is 4.90 Å². The van der Waals surface area contributed by atoms with E-state index in [9.17, 15) is 14.3 Å². The molecule has 0 amide bonds. The monoisotopic (exact) mass is 265 g/mol. The fourth-order valence-electron chi connectivity index (χ4n) is 2.86. The molecule has 1 saturated carbocycles. The molecule has 1 fully saturated rings. The van der Waals surface area contributed by atoms with E-state index in [0.717, 1.165) is 25.7 Å². The highest BCUT2D eigenvalue weighted by Gasteiger charge is 2.23. The smallest absolute Gasteiger partial charge is 0.340 e. The molecule has 0 atom stereocenters. The molecule has 3 nitrogen and oxygen atoms in total. The molecule has 1 aliphatic carbocycles. The van der Waals surface area contributed by atoms with Crippen molar-refractivity contribution in [2.45, 2.75) is 44.6 Å². The molecule has 4 heteroatoms. The van der Waals surface area contributed by atoms with Gasteiger partial charge in [-0.05, 0) is 25.0 Å². The highest BCUT2D eigenvalue weighted by Crippen LogP contribution is 2.29. The standard InChI is InChI=1S/C15H20FNO2/c1-17(11-7-4-2-3-5-8-11)13-10-6-9-12(16)14(13)15(18)19/h6,9-11H,2-5,7-8H2,1H3,(H,18,19). The zero-order chi connectivity index (χ0) is 13.8. The normalized spacial score (nSPS) is 16.9. The number of benzene rings is 1. The lowest BCUT2D eigenvalue weighted by Gasteiger charge is -2.30. The van der Waals surface area contributed by atoms with Gasteiger partial charge in [-0.25, -0.2) is 9.18 Å². The minimum atomic E-state index is -1.20. The van der Waals surface area contributed by atoms with E-state index in [-0.39, 0.29) is 5.56 Å². The van der Waals surface area contributed by atoms with Gasteiger partial charge in [0, 0.05) is 13.1 Å². The Morgan fingerprint density at radius 2 is 1.89 bits per heavy atom. The van der Waals surface area contributed by atoms with Crippen LogP contribution in [0.3, 0.4) is 0 Å². The maximum atomic E-state index is 13.7. The van der Waals surface area contributed by atoms with Crippen molar-refractivity contribution < 1.29 is 14.3 Å². The van der Waals surface area contributed by atoms with E-state index < -0.39 is 11.8 Å². The van der Waals surface area contributed by atoms with Crippen molar-refractivity contribution in [2.75, 3.05) is 11.9 Å². The van der Waals surface area contributed by atoms with Gasteiger partial charge in [-0.3, -0.25) is 0 Å². The van der Waals surface area contributed by atoms with Crippen LogP contribution in [0, 0.1) is 5.82 Å². The second-order valence-corrected chi connectivity index (χ2v) is 5.20. The van der Waals surface area contributed by atoms with Crippen LogP contribution in [0.5, 0.6) is 0 Å². The number of carbonyl (C=O) groups is 1. The van der Waals surface area contributed by atoms with Crippen molar-refractivity contribution in [3.8, 4) is 0 Å². The number of carboxylic acids is 1. The predicted octanol–water partition coefficient (Wildman–Crippen LogP) is 3.68. The number of carboxylic acid groups (broad SMARTS) is 1. The van der Waals surface area contributed by atoms with Gasteiger partial charge in [0.25, 0.3) is 0 Å². The fraction of sp³-hybridized carbons (Fsp3) is 0.533. The van der Waals surface area contributed by atoms with Gasteiger partial charge in [-0.15, -0.1) is 0 Å². The number of hydrogen-bond donors (Lipinski definition) is 1. The van der Waals surface area contributed by atoms with E-state index in [2.05, 4.69) is 0 Å². The zero-order valence-corrected chi connectivity index (χ0v) is 11.2. The number of halogens is 1. The summed E-state index contributed by atoms with van der Waals surface area (Å²) in [6.07, 6.45) is 6.89. The van der Waals surface area contributed by atoms with E-state index in [4.69, 9.17) is 0 Å². The zero-order valence-electron chi connectivity index (χ0n) is 11.2. The van der Waals surface area contributed by atoms with E-state index in [0.29, 0.717) is 11.7 Å².